The fourth-order valence-corrected chi connectivity index (χ4v) is 3.09. The van der Waals surface area contributed by atoms with E-state index in [0.29, 0.717) is 10.0 Å². The highest BCUT2D eigenvalue weighted by Crippen LogP contribution is 2.31. The zero-order valence-corrected chi connectivity index (χ0v) is 11.6. The number of benzene rings is 1. The molecule has 0 fully saturated rings. The second kappa shape index (κ2) is 4.81. The second-order valence-corrected chi connectivity index (χ2v) is 5.76. The van der Waals surface area contributed by atoms with Gasteiger partial charge in [0.1, 0.15) is 0 Å². The van der Waals surface area contributed by atoms with Crippen molar-refractivity contribution in [3.63, 3.8) is 0 Å². The molecule has 1 aromatic carbocycles. The summed E-state index contributed by atoms with van der Waals surface area (Å²) < 4.78 is 0. The van der Waals surface area contributed by atoms with Crippen LogP contribution in [0.1, 0.15) is 0 Å². The van der Waals surface area contributed by atoms with Crippen molar-refractivity contribution in [2.45, 2.75) is 0 Å². The van der Waals surface area contributed by atoms with Crippen LogP contribution in [-0.2, 0) is 0 Å². The predicted octanol–water partition coefficient (Wildman–Crippen LogP) is 5.72. The SMILES string of the molecule is Clc1cc(Cl)cc(-c2c[nH]c(-c3cccs3)c2)c1. The summed E-state index contributed by atoms with van der Waals surface area (Å²) in [4.78, 5) is 4.49. The molecule has 2 aromatic heterocycles. The maximum absolute atomic E-state index is 6.01. The van der Waals surface area contributed by atoms with Gasteiger partial charge in [-0.1, -0.05) is 29.3 Å². The lowest BCUT2D eigenvalue weighted by Crippen LogP contribution is -1.74. The fourth-order valence-electron chi connectivity index (χ4n) is 1.86. The minimum Gasteiger partial charge on any atom is -0.360 e. The summed E-state index contributed by atoms with van der Waals surface area (Å²) >= 11 is 13.7. The molecule has 0 saturated carbocycles. The Balaban J connectivity index is 2.03. The van der Waals surface area contributed by atoms with Crippen LogP contribution in [0.4, 0.5) is 0 Å². The summed E-state index contributed by atoms with van der Waals surface area (Å²) in [7, 11) is 0. The van der Waals surface area contributed by atoms with Crippen LogP contribution in [0, 0.1) is 0 Å². The molecule has 18 heavy (non-hydrogen) atoms. The van der Waals surface area contributed by atoms with Gasteiger partial charge < -0.3 is 4.98 Å². The van der Waals surface area contributed by atoms with Crippen molar-refractivity contribution in [3.05, 3.63) is 58.0 Å². The number of aromatic amines is 1. The highest BCUT2D eigenvalue weighted by Gasteiger charge is 2.06. The molecule has 0 saturated heterocycles. The molecule has 1 N–H and O–H groups in total. The molecule has 0 atom stereocenters. The largest absolute Gasteiger partial charge is 0.360 e. The van der Waals surface area contributed by atoms with Gasteiger partial charge in [0.25, 0.3) is 0 Å². The van der Waals surface area contributed by atoms with Crippen LogP contribution in [0.3, 0.4) is 0 Å². The van der Waals surface area contributed by atoms with Gasteiger partial charge in [-0.25, -0.2) is 0 Å². The first-order valence-corrected chi connectivity index (χ1v) is 7.05. The molecule has 0 radical (unpaired) electrons. The lowest BCUT2D eigenvalue weighted by atomic mass is 10.1. The third-order valence-electron chi connectivity index (χ3n) is 2.67. The molecular weight excluding hydrogens is 285 g/mol. The van der Waals surface area contributed by atoms with Crippen LogP contribution in [-0.4, -0.2) is 4.98 Å². The van der Waals surface area contributed by atoms with Crippen molar-refractivity contribution in [2.75, 3.05) is 0 Å². The third kappa shape index (κ3) is 2.32. The number of H-pyrrole nitrogens is 1. The first kappa shape index (κ1) is 11.8. The van der Waals surface area contributed by atoms with Crippen LogP contribution in [0.5, 0.6) is 0 Å². The lowest BCUT2D eigenvalue weighted by molar-refractivity contribution is 1.42. The maximum Gasteiger partial charge on any atom is 0.0561 e. The van der Waals surface area contributed by atoms with E-state index in [1.807, 2.05) is 24.4 Å². The number of rotatable bonds is 2. The molecule has 0 amide bonds. The molecule has 0 bridgehead atoms. The van der Waals surface area contributed by atoms with E-state index in [4.69, 9.17) is 23.2 Å². The Hall–Kier alpha value is -1.22. The monoisotopic (exact) mass is 293 g/mol. The maximum atomic E-state index is 6.01. The normalized spacial score (nSPS) is 10.8. The van der Waals surface area contributed by atoms with Crippen LogP contribution < -0.4 is 0 Å². The average Bonchev–Trinajstić information content (AvgIpc) is 2.99. The standard InChI is InChI=1S/C14H9Cl2NS/c15-11-4-9(5-12(16)7-11)10-6-13(17-8-10)14-2-1-3-18-14/h1-8,17H. The lowest BCUT2D eigenvalue weighted by Gasteiger charge is -1.99. The van der Waals surface area contributed by atoms with E-state index in [1.54, 1.807) is 17.4 Å². The molecule has 90 valence electrons. The number of hydrogen-bond donors (Lipinski definition) is 1. The predicted molar refractivity (Wildman–Crippen MR) is 79.6 cm³/mol. The van der Waals surface area contributed by atoms with Gasteiger partial charge in [-0.15, -0.1) is 11.3 Å². The molecule has 0 aliphatic carbocycles. The summed E-state index contributed by atoms with van der Waals surface area (Å²) in [6.45, 7) is 0. The zero-order valence-electron chi connectivity index (χ0n) is 9.28. The van der Waals surface area contributed by atoms with E-state index < -0.39 is 0 Å². The summed E-state index contributed by atoms with van der Waals surface area (Å²) in [5.41, 5.74) is 3.21. The molecule has 0 spiro atoms. The Bertz CT molecular complexity index is 651. The van der Waals surface area contributed by atoms with Crippen molar-refractivity contribution in [2.24, 2.45) is 0 Å². The van der Waals surface area contributed by atoms with E-state index >= 15 is 0 Å². The first-order chi connectivity index (χ1) is 8.72. The Labute approximate surface area is 119 Å². The minimum absolute atomic E-state index is 0.649. The average molecular weight is 294 g/mol. The van der Waals surface area contributed by atoms with E-state index in [-0.39, 0.29) is 0 Å². The van der Waals surface area contributed by atoms with Gasteiger partial charge in [0.15, 0.2) is 0 Å². The number of nitrogens with one attached hydrogen (secondary N) is 1. The number of hydrogen-bond acceptors (Lipinski definition) is 1. The smallest absolute Gasteiger partial charge is 0.0561 e. The van der Waals surface area contributed by atoms with Gasteiger partial charge in [0, 0.05) is 16.2 Å². The number of thiophene rings is 1. The molecular formula is C14H9Cl2NS. The molecule has 0 unspecified atom stereocenters. The molecule has 3 aromatic rings. The van der Waals surface area contributed by atoms with Crippen molar-refractivity contribution >= 4 is 34.5 Å². The van der Waals surface area contributed by atoms with Crippen molar-refractivity contribution in [1.29, 1.82) is 0 Å². The van der Waals surface area contributed by atoms with Gasteiger partial charge in [-0.05, 0) is 46.8 Å². The molecule has 2 heterocycles. The van der Waals surface area contributed by atoms with Crippen molar-refractivity contribution < 1.29 is 0 Å². The number of aromatic nitrogens is 1. The highest BCUT2D eigenvalue weighted by atomic mass is 35.5. The van der Waals surface area contributed by atoms with E-state index in [0.717, 1.165) is 16.8 Å². The molecule has 3 rings (SSSR count). The Morgan fingerprint density at radius 2 is 1.72 bits per heavy atom. The van der Waals surface area contributed by atoms with Crippen molar-refractivity contribution in [3.8, 4) is 21.7 Å². The summed E-state index contributed by atoms with van der Waals surface area (Å²) in [5.74, 6) is 0. The zero-order chi connectivity index (χ0) is 12.5. The molecule has 1 nitrogen and oxygen atoms in total. The quantitative estimate of drug-likeness (QED) is 0.622. The summed E-state index contributed by atoms with van der Waals surface area (Å²) in [6.07, 6.45) is 1.97. The van der Waals surface area contributed by atoms with Crippen LogP contribution in [0.15, 0.2) is 48.0 Å². The minimum atomic E-state index is 0.649. The highest BCUT2D eigenvalue weighted by molar-refractivity contribution is 7.13. The van der Waals surface area contributed by atoms with Gasteiger partial charge in [0.2, 0.25) is 0 Å². The first-order valence-electron chi connectivity index (χ1n) is 5.41. The van der Waals surface area contributed by atoms with Gasteiger partial charge in [-0.2, -0.15) is 0 Å². The van der Waals surface area contributed by atoms with Crippen molar-refractivity contribution in [1.82, 2.24) is 4.98 Å². The Kier molecular flexibility index (Phi) is 3.16. The van der Waals surface area contributed by atoms with Gasteiger partial charge in [0.05, 0.1) is 10.6 Å². The van der Waals surface area contributed by atoms with Gasteiger partial charge in [-0.3, -0.25) is 0 Å². The van der Waals surface area contributed by atoms with E-state index in [1.165, 1.54) is 4.88 Å². The molecule has 0 aliphatic heterocycles. The van der Waals surface area contributed by atoms with E-state index in [9.17, 15) is 0 Å². The molecule has 0 aliphatic rings. The third-order valence-corrected chi connectivity index (χ3v) is 4.01. The van der Waals surface area contributed by atoms with Gasteiger partial charge >= 0.3 is 0 Å². The van der Waals surface area contributed by atoms with Crippen LogP contribution >= 0.6 is 34.5 Å². The number of halogens is 2. The fraction of sp³-hybridized carbons (Fsp3) is 0. The summed E-state index contributed by atoms with van der Waals surface area (Å²) in [5, 5.41) is 3.36. The van der Waals surface area contributed by atoms with Crippen LogP contribution in [0.25, 0.3) is 21.7 Å². The molecule has 4 heteroatoms. The Morgan fingerprint density at radius 1 is 0.944 bits per heavy atom. The van der Waals surface area contributed by atoms with E-state index in [2.05, 4.69) is 22.5 Å². The summed E-state index contributed by atoms with van der Waals surface area (Å²) in [6, 6.07) is 11.8. The second-order valence-electron chi connectivity index (χ2n) is 3.94. The Morgan fingerprint density at radius 3 is 2.39 bits per heavy atom. The van der Waals surface area contributed by atoms with Crippen LogP contribution in [0.2, 0.25) is 10.0 Å². The topological polar surface area (TPSA) is 15.8 Å².